The average molecular weight is 187 g/mol. The van der Waals surface area contributed by atoms with Gasteiger partial charge in [-0.05, 0) is 19.3 Å². The van der Waals surface area contributed by atoms with E-state index in [0.29, 0.717) is 13.0 Å². The zero-order valence-corrected chi connectivity index (χ0v) is 7.50. The van der Waals surface area contributed by atoms with Crippen molar-refractivity contribution in [2.45, 2.75) is 37.4 Å². The third-order valence-electron chi connectivity index (χ3n) is 2.30. The molecule has 4 heteroatoms. The number of hydrogen-bond acceptors (Lipinski definition) is 3. The van der Waals surface area contributed by atoms with Crippen LogP contribution in [0.3, 0.4) is 0 Å². The van der Waals surface area contributed by atoms with E-state index in [4.69, 9.17) is 15.1 Å². The molecule has 0 saturated carbocycles. The number of hydrogen-bond donors (Lipinski definition) is 1. The lowest BCUT2D eigenvalue weighted by Gasteiger charge is -2.31. The maximum absolute atomic E-state index is 12.0. The van der Waals surface area contributed by atoms with Crippen molar-refractivity contribution in [3.05, 3.63) is 0 Å². The highest BCUT2D eigenvalue weighted by molar-refractivity contribution is 5.04. The van der Waals surface area contributed by atoms with Gasteiger partial charge in [0.25, 0.3) is 0 Å². The van der Waals surface area contributed by atoms with Gasteiger partial charge in [0.1, 0.15) is 6.67 Å². The summed E-state index contributed by atoms with van der Waals surface area (Å²) in [6.45, 7) is -0.278. The molecule has 13 heavy (non-hydrogen) atoms. The van der Waals surface area contributed by atoms with Crippen LogP contribution in [-0.2, 0) is 4.74 Å². The molecule has 0 aromatic carbocycles. The first kappa shape index (κ1) is 10.4. The molecule has 0 radical (unpaired) electrons. The van der Waals surface area contributed by atoms with Gasteiger partial charge in [-0.2, -0.15) is 5.26 Å². The molecular formula is C9H14FNO2. The summed E-state index contributed by atoms with van der Waals surface area (Å²) >= 11 is 0. The van der Waals surface area contributed by atoms with E-state index >= 15 is 0 Å². The molecule has 1 heterocycles. The number of aliphatic hydroxyl groups is 1. The molecule has 0 bridgehead atoms. The SMILES string of the molecule is N#CC1(CC(O)CF)CCCCO1. The smallest absolute Gasteiger partial charge is 0.156 e. The minimum absolute atomic E-state index is 0.0833. The largest absolute Gasteiger partial charge is 0.390 e. The Morgan fingerprint density at radius 1 is 1.62 bits per heavy atom. The zero-order chi connectivity index (χ0) is 9.73. The maximum atomic E-state index is 12.0. The van der Waals surface area contributed by atoms with E-state index in [9.17, 15) is 4.39 Å². The van der Waals surface area contributed by atoms with Crippen molar-refractivity contribution < 1.29 is 14.2 Å². The van der Waals surface area contributed by atoms with Gasteiger partial charge < -0.3 is 9.84 Å². The van der Waals surface area contributed by atoms with Gasteiger partial charge in [-0.1, -0.05) is 0 Å². The normalized spacial score (nSPS) is 30.8. The van der Waals surface area contributed by atoms with Gasteiger partial charge in [0.15, 0.2) is 5.60 Å². The predicted molar refractivity (Wildman–Crippen MR) is 44.7 cm³/mol. The molecule has 1 N–H and O–H groups in total. The van der Waals surface area contributed by atoms with E-state index in [1.807, 2.05) is 6.07 Å². The molecule has 3 nitrogen and oxygen atoms in total. The second-order valence-electron chi connectivity index (χ2n) is 3.42. The van der Waals surface area contributed by atoms with Crippen molar-refractivity contribution >= 4 is 0 Å². The highest BCUT2D eigenvalue weighted by atomic mass is 19.1. The lowest BCUT2D eigenvalue weighted by atomic mass is 9.90. The van der Waals surface area contributed by atoms with Gasteiger partial charge in [-0.3, -0.25) is 0 Å². The van der Waals surface area contributed by atoms with Crippen LogP contribution >= 0.6 is 0 Å². The number of ether oxygens (including phenoxy) is 1. The van der Waals surface area contributed by atoms with Crippen LogP contribution in [0.25, 0.3) is 0 Å². The van der Waals surface area contributed by atoms with E-state index in [1.165, 1.54) is 0 Å². The lowest BCUT2D eigenvalue weighted by Crippen LogP contribution is -2.38. The van der Waals surface area contributed by atoms with Crippen molar-refractivity contribution in [1.82, 2.24) is 0 Å². The van der Waals surface area contributed by atoms with Crippen molar-refractivity contribution in [3.8, 4) is 6.07 Å². The first-order chi connectivity index (χ1) is 6.22. The Labute approximate surface area is 77.1 Å². The minimum atomic E-state index is -1.07. The number of aliphatic hydroxyl groups excluding tert-OH is 1. The molecule has 0 amide bonds. The van der Waals surface area contributed by atoms with Crippen LogP contribution in [0.4, 0.5) is 4.39 Å². The number of rotatable bonds is 3. The molecule has 2 atom stereocenters. The van der Waals surface area contributed by atoms with Gasteiger partial charge in [-0.15, -0.1) is 0 Å². The van der Waals surface area contributed by atoms with Crippen LogP contribution in [0.2, 0.25) is 0 Å². The number of halogens is 1. The standard InChI is InChI=1S/C9H14FNO2/c10-6-8(12)5-9(7-11)3-1-2-4-13-9/h8,12H,1-6H2. The lowest BCUT2D eigenvalue weighted by molar-refractivity contribution is -0.0670. The second-order valence-corrected chi connectivity index (χ2v) is 3.42. The summed E-state index contributed by atoms with van der Waals surface area (Å²) in [7, 11) is 0. The van der Waals surface area contributed by atoms with Gasteiger partial charge in [-0.25, -0.2) is 4.39 Å². The Balaban J connectivity index is 2.53. The third-order valence-corrected chi connectivity index (χ3v) is 2.30. The topological polar surface area (TPSA) is 53.2 Å². The summed E-state index contributed by atoms with van der Waals surface area (Å²) in [5.74, 6) is 0. The summed E-state index contributed by atoms with van der Waals surface area (Å²) in [4.78, 5) is 0. The molecular weight excluding hydrogens is 173 g/mol. The van der Waals surface area contributed by atoms with Gasteiger partial charge >= 0.3 is 0 Å². The van der Waals surface area contributed by atoms with E-state index in [-0.39, 0.29) is 6.42 Å². The summed E-state index contributed by atoms with van der Waals surface area (Å²) in [5.41, 5.74) is -0.941. The number of alkyl halides is 1. The summed E-state index contributed by atoms with van der Waals surface area (Å²) in [6, 6.07) is 2.03. The monoisotopic (exact) mass is 187 g/mol. The minimum Gasteiger partial charge on any atom is -0.390 e. The van der Waals surface area contributed by atoms with Crippen molar-refractivity contribution in [3.63, 3.8) is 0 Å². The van der Waals surface area contributed by atoms with Gasteiger partial charge in [0.05, 0.1) is 12.2 Å². The predicted octanol–water partition coefficient (Wildman–Crippen LogP) is 1.17. The molecule has 0 spiro atoms. The van der Waals surface area contributed by atoms with Crippen molar-refractivity contribution in [2.24, 2.45) is 0 Å². The molecule has 1 saturated heterocycles. The Morgan fingerprint density at radius 3 is 2.85 bits per heavy atom. The summed E-state index contributed by atoms with van der Waals surface area (Å²) < 4.78 is 17.3. The van der Waals surface area contributed by atoms with E-state index in [2.05, 4.69) is 0 Å². The highest BCUT2D eigenvalue weighted by Crippen LogP contribution is 2.28. The van der Waals surface area contributed by atoms with Gasteiger partial charge in [0.2, 0.25) is 0 Å². The fraction of sp³-hybridized carbons (Fsp3) is 0.889. The Kier molecular flexibility index (Phi) is 3.64. The van der Waals surface area contributed by atoms with Crippen LogP contribution < -0.4 is 0 Å². The molecule has 0 aromatic rings. The van der Waals surface area contributed by atoms with E-state index in [1.54, 1.807) is 0 Å². The van der Waals surface area contributed by atoms with E-state index in [0.717, 1.165) is 12.8 Å². The van der Waals surface area contributed by atoms with Crippen LogP contribution in [-0.4, -0.2) is 30.1 Å². The Morgan fingerprint density at radius 2 is 2.38 bits per heavy atom. The average Bonchev–Trinajstić information content (AvgIpc) is 2.19. The third kappa shape index (κ3) is 2.64. The molecule has 1 fully saturated rings. The van der Waals surface area contributed by atoms with Crippen LogP contribution in [0.1, 0.15) is 25.7 Å². The molecule has 1 aliphatic heterocycles. The molecule has 2 unspecified atom stereocenters. The fourth-order valence-corrected chi connectivity index (χ4v) is 1.58. The number of nitrogens with zero attached hydrogens (tertiary/aromatic N) is 1. The van der Waals surface area contributed by atoms with Crippen molar-refractivity contribution in [1.29, 1.82) is 5.26 Å². The van der Waals surface area contributed by atoms with Crippen LogP contribution in [0.15, 0.2) is 0 Å². The summed E-state index contributed by atoms with van der Waals surface area (Å²) in [6.07, 6.45) is 1.46. The fourth-order valence-electron chi connectivity index (χ4n) is 1.58. The highest BCUT2D eigenvalue weighted by Gasteiger charge is 2.35. The van der Waals surface area contributed by atoms with Crippen molar-refractivity contribution in [2.75, 3.05) is 13.3 Å². The Hall–Kier alpha value is -0.660. The maximum Gasteiger partial charge on any atom is 0.156 e. The molecule has 1 rings (SSSR count). The molecule has 1 aliphatic rings. The Bertz CT molecular complexity index is 196. The molecule has 0 aliphatic carbocycles. The quantitative estimate of drug-likeness (QED) is 0.721. The van der Waals surface area contributed by atoms with Crippen LogP contribution in [0, 0.1) is 11.3 Å². The van der Waals surface area contributed by atoms with E-state index < -0.39 is 18.4 Å². The number of nitriles is 1. The van der Waals surface area contributed by atoms with Crippen LogP contribution in [0.5, 0.6) is 0 Å². The zero-order valence-electron chi connectivity index (χ0n) is 7.50. The van der Waals surface area contributed by atoms with Gasteiger partial charge in [0, 0.05) is 13.0 Å². The first-order valence-corrected chi connectivity index (χ1v) is 4.52. The molecule has 0 aromatic heterocycles. The first-order valence-electron chi connectivity index (χ1n) is 4.52. The molecule has 74 valence electrons. The summed E-state index contributed by atoms with van der Waals surface area (Å²) in [5, 5.41) is 18.0. The second kappa shape index (κ2) is 4.54.